The minimum atomic E-state index is -0.338. The second-order valence-electron chi connectivity index (χ2n) is 5.72. The Morgan fingerprint density at radius 3 is 2.23 bits per heavy atom. The Labute approximate surface area is 128 Å². The van der Waals surface area contributed by atoms with Gasteiger partial charge in [0.1, 0.15) is 11.6 Å². The van der Waals surface area contributed by atoms with Crippen LogP contribution in [0.3, 0.4) is 0 Å². The molecule has 118 valence electrons. The van der Waals surface area contributed by atoms with Crippen LogP contribution >= 0.6 is 0 Å². The van der Waals surface area contributed by atoms with Crippen LogP contribution in [0.4, 0.5) is 4.39 Å². The van der Waals surface area contributed by atoms with E-state index in [0.717, 1.165) is 12.8 Å². The predicted molar refractivity (Wildman–Crippen MR) is 77.8 cm³/mol. The van der Waals surface area contributed by atoms with Gasteiger partial charge in [-0.3, -0.25) is 9.59 Å². The number of amides is 2. The summed E-state index contributed by atoms with van der Waals surface area (Å²) in [6.07, 6.45) is 2.01. The van der Waals surface area contributed by atoms with E-state index in [4.69, 9.17) is 4.74 Å². The van der Waals surface area contributed by atoms with Gasteiger partial charge in [0.25, 0.3) is 5.91 Å². The van der Waals surface area contributed by atoms with Crippen molar-refractivity contribution in [3.63, 3.8) is 0 Å². The molecule has 3 rings (SSSR count). The van der Waals surface area contributed by atoms with Crippen molar-refractivity contribution in [3.05, 3.63) is 30.1 Å². The van der Waals surface area contributed by atoms with Gasteiger partial charge in [-0.15, -0.1) is 0 Å². The maximum atomic E-state index is 12.8. The highest BCUT2D eigenvalue weighted by atomic mass is 19.1. The maximum Gasteiger partial charge on any atom is 0.260 e. The first kappa shape index (κ1) is 14.8. The molecule has 0 spiro atoms. The van der Waals surface area contributed by atoms with Crippen molar-refractivity contribution in [3.8, 4) is 5.75 Å². The van der Waals surface area contributed by atoms with E-state index in [1.54, 1.807) is 4.90 Å². The van der Waals surface area contributed by atoms with Gasteiger partial charge in [-0.2, -0.15) is 0 Å². The average molecular weight is 306 g/mol. The van der Waals surface area contributed by atoms with Gasteiger partial charge in [-0.25, -0.2) is 4.39 Å². The highest BCUT2D eigenvalue weighted by molar-refractivity contribution is 5.82. The molecule has 0 N–H and O–H groups in total. The van der Waals surface area contributed by atoms with Crippen molar-refractivity contribution >= 4 is 11.8 Å². The van der Waals surface area contributed by atoms with E-state index in [1.165, 1.54) is 24.3 Å². The zero-order valence-electron chi connectivity index (χ0n) is 12.3. The topological polar surface area (TPSA) is 49.9 Å². The summed E-state index contributed by atoms with van der Waals surface area (Å²) in [6.45, 7) is 2.21. The summed E-state index contributed by atoms with van der Waals surface area (Å²) in [4.78, 5) is 27.6. The van der Waals surface area contributed by atoms with Crippen LogP contribution in [-0.2, 0) is 9.59 Å². The molecule has 0 unspecified atom stereocenters. The molecule has 2 amide bonds. The first-order chi connectivity index (χ1) is 10.6. The lowest BCUT2D eigenvalue weighted by atomic mass is 10.2. The van der Waals surface area contributed by atoms with Gasteiger partial charge in [-0.1, -0.05) is 0 Å². The fourth-order valence-electron chi connectivity index (χ4n) is 2.53. The molecular weight excluding hydrogens is 287 g/mol. The summed E-state index contributed by atoms with van der Waals surface area (Å²) < 4.78 is 18.1. The molecule has 1 aromatic rings. The maximum absolute atomic E-state index is 12.8. The first-order valence-electron chi connectivity index (χ1n) is 7.58. The summed E-state index contributed by atoms with van der Waals surface area (Å²) in [7, 11) is 0. The molecular formula is C16H19FN2O3. The molecule has 1 heterocycles. The van der Waals surface area contributed by atoms with Crippen molar-refractivity contribution < 1.29 is 18.7 Å². The van der Waals surface area contributed by atoms with Crippen molar-refractivity contribution in [1.29, 1.82) is 0 Å². The van der Waals surface area contributed by atoms with Crippen LogP contribution in [0.25, 0.3) is 0 Å². The number of halogens is 1. The Hall–Kier alpha value is -2.11. The Kier molecular flexibility index (Phi) is 4.27. The smallest absolute Gasteiger partial charge is 0.260 e. The minimum Gasteiger partial charge on any atom is -0.484 e. The fourth-order valence-corrected chi connectivity index (χ4v) is 2.53. The molecule has 2 aliphatic rings. The Morgan fingerprint density at radius 1 is 1.05 bits per heavy atom. The number of benzene rings is 1. The number of piperazine rings is 1. The summed E-state index contributed by atoms with van der Waals surface area (Å²) in [6, 6.07) is 5.58. The zero-order chi connectivity index (χ0) is 15.5. The molecule has 1 aliphatic carbocycles. The molecule has 1 aliphatic heterocycles. The molecule has 0 atom stereocenters. The third-order valence-corrected chi connectivity index (χ3v) is 4.05. The standard InChI is InChI=1S/C16H19FN2O3/c17-13-3-5-14(6-4-13)22-11-15(20)18-7-9-19(10-8-18)16(21)12-1-2-12/h3-6,12H,1-2,7-11H2. The second-order valence-corrected chi connectivity index (χ2v) is 5.72. The molecule has 5 nitrogen and oxygen atoms in total. The normalized spacial score (nSPS) is 18.2. The van der Waals surface area contributed by atoms with Crippen molar-refractivity contribution in [2.45, 2.75) is 12.8 Å². The molecule has 0 bridgehead atoms. The van der Waals surface area contributed by atoms with Crippen molar-refractivity contribution in [2.24, 2.45) is 5.92 Å². The van der Waals surface area contributed by atoms with Crippen LogP contribution in [-0.4, -0.2) is 54.4 Å². The summed E-state index contributed by atoms with van der Waals surface area (Å²) in [5, 5.41) is 0. The van der Waals surface area contributed by atoms with E-state index in [0.29, 0.717) is 31.9 Å². The molecule has 0 aromatic heterocycles. The van der Waals surface area contributed by atoms with Gasteiger partial charge in [0.05, 0.1) is 0 Å². The second kappa shape index (κ2) is 6.34. The van der Waals surface area contributed by atoms with E-state index in [-0.39, 0.29) is 30.2 Å². The Morgan fingerprint density at radius 2 is 1.64 bits per heavy atom. The van der Waals surface area contributed by atoms with Gasteiger partial charge >= 0.3 is 0 Å². The molecule has 0 radical (unpaired) electrons. The molecule has 22 heavy (non-hydrogen) atoms. The van der Waals surface area contributed by atoms with Crippen LogP contribution in [0, 0.1) is 11.7 Å². The molecule has 1 aromatic carbocycles. The highest BCUT2D eigenvalue weighted by Crippen LogP contribution is 2.31. The molecule has 6 heteroatoms. The number of ether oxygens (including phenoxy) is 1. The number of hydrogen-bond acceptors (Lipinski definition) is 3. The number of nitrogens with zero attached hydrogens (tertiary/aromatic N) is 2. The number of hydrogen-bond donors (Lipinski definition) is 0. The largest absolute Gasteiger partial charge is 0.484 e. The first-order valence-corrected chi connectivity index (χ1v) is 7.58. The van der Waals surface area contributed by atoms with E-state index in [9.17, 15) is 14.0 Å². The summed E-state index contributed by atoms with van der Waals surface area (Å²) >= 11 is 0. The van der Waals surface area contributed by atoms with Gasteiger partial charge in [0, 0.05) is 32.1 Å². The number of carbonyl (C=O) groups excluding carboxylic acids is 2. The molecule has 2 fully saturated rings. The Balaban J connectivity index is 1.43. The van der Waals surface area contributed by atoms with Crippen LogP contribution in [0.2, 0.25) is 0 Å². The lowest BCUT2D eigenvalue weighted by molar-refractivity contribution is -0.141. The van der Waals surface area contributed by atoms with E-state index in [1.807, 2.05) is 4.90 Å². The minimum absolute atomic E-state index is 0.0673. The number of carbonyl (C=O) groups is 2. The van der Waals surface area contributed by atoms with Gasteiger partial charge in [-0.05, 0) is 37.1 Å². The monoisotopic (exact) mass is 306 g/mol. The molecule has 1 saturated heterocycles. The average Bonchev–Trinajstić information content (AvgIpc) is 3.38. The van der Waals surface area contributed by atoms with Crippen molar-refractivity contribution in [1.82, 2.24) is 9.80 Å². The van der Waals surface area contributed by atoms with Crippen LogP contribution in [0.5, 0.6) is 5.75 Å². The lowest BCUT2D eigenvalue weighted by Crippen LogP contribution is -2.52. The fraction of sp³-hybridized carbons (Fsp3) is 0.500. The predicted octanol–water partition coefficient (Wildman–Crippen LogP) is 1.29. The van der Waals surface area contributed by atoms with Crippen LogP contribution in [0.15, 0.2) is 24.3 Å². The molecule has 1 saturated carbocycles. The third-order valence-electron chi connectivity index (χ3n) is 4.05. The van der Waals surface area contributed by atoms with E-state index >= 15 is 0 Å². The highest BCUT2D eigenvalue weighted by Gasteiger charge is 2.35. The van der Waals surface area contributed by atoms with Crippen molar-refractivity contribution in [2.75, 3.05) is 32.8 Å². The van der Waals surface area contributed by atoms with E-state index < -0.39 is 0 Å². The van der Waals surface area contributed by atoms with Crippen LogP contribution < -0.4 is 4.74 Å². The van der Waals surface area contributed by atoms with E-state index in [2.05, 4.69) is 0 Å². The van der Waals surface area contributed by atoms with Crippen LogP contribution in [0.1, 0.15) is 12.8 Å². The summed E-state index contributed by atoms with van der Waals surface area (Å²) in [5.41, 5.74) is 0. The SMILES string of the molecule is O=C(COc1ccc(F)cc1)N1CCN(C(=O)C2CC2)CC1. The number of rotatable bonds is 4. The lowest BCUT2D eigenvalue weighted by Gasteiger charge is -2.34. The zero-order valence-corrected chi connectivity index (χ0v) is 12.3. The van der Waals surface area contributed by atoms with Gasteiger partial charge < -0.3 is 14.5 Å². The Bertz CT molecular complexity index is 549. The quantitative estimate of drug-likeness (QED) is 0.842. The van der Waals surface area contributed by atoms with Gasteiger partial charge in [0.15, 0.2) is 6.61 Å². The summed E-state index contributed by atoms with van der Waals surface area (Å²) in [5.74, 6) is 0.481. The third kappa shape index (κ3) is 3.55. The van der Waals surface area contributed by atoms with Gasteiger partial charge in [0.2, 0.25) is 5.91 Å².